The Labute approximate surface area is 150 Å². The van der Waals surface area contributed by atoms with Gasteiger partial charge in [0, 0.05) is 12.4 Å². The number of hydrogen-bond acceptors (Lipinski definition) is 4. The van der Waals surface area contributed by atoms with Gasteiger partial charge >= 0.3 is 18.1 Å². The summed E-state index contributed by atoms with van der Waals surface area (Å²) in [5.41, 5.74) is 2.48. The van der Waals surface area contributed by atoms with E-state index in [0.717, 1.165) is 19.4 Å². The first-order valence-electron chi connectivity index (χ1n) is 8.11. The lowest BCUT2D eigenvalue weighted by Gasteiger charge is -2.16. The van der Waals surface area contributed by atoms with E-state index in [-0.39, 0.29) is 0 Å². The normalized spacial score (nSPS) is 12.3. The summed E-state index contributed by atoms with van der Waals surface area (Å²) < 4.78 is 31.7. The Bertz CT molecular complexity index is 577. The van der Waals surface area contributed by atoms with Gasteiger partial charge in [-0.25, -0.2) is 4.79 Å². The molecule has 1 heterocycles. The van der Waals surface area contributed by atoms with Crippen molar-refractivity contribution in [2.24, 2.45) is 5.92 Å². The molecular formula is C17H25F3N2O4. The summed E-state index contributed by atoms with van der Waals surface area (Å²) >= 11 is 0. The average Bonchev–Trinajstić information content (AvgIpc) is 2.51. The quantitative estimate of drug-likeness (QED) is 0.602. The maximum atomic E-state index is 11.1. The number of aryl methyl sites for hydroxylation is 2. The van der Waals surface area contributed by atoms with Crippen LogP contribution in [0.15, 0.2) is 18.5 Å². The highest BCUT2D eigenvalue weighted by Crippen LogP contribution is 2.13. The fraction of sp³-hybridized carbons (Fsp3) is 0.588. The number of alkyl halides is 3. The molecule has 1 aromatic rings. The zero-order chi connectivity index (χ0) is 20.3. The van der Waals surface area contributed by atoms with Crippen molar-refractivity contribution in [2.75, 3.05) is 6.54 Å². The van der Waals surface area contributed by atoms with Gasteiger partial charge in [-0.1, -0.05) is 13.8 Å². The smallest absolute Gasteiger partial charge is 0.480 e. The third kappa shape index (κ3) is 10.7. The van der Waals surface area contributed by atoms with E-state index in [2.05, 4.69) is 17.2 Å². The van der Waals surface area contributed by atoms with Crippen LogP contribution in [0.25, 0.3) is 0 Å². The molecule has 1 atom stereocenters. The van der Waals surface area contributed by atoms with Crippen molar-refractivity contribution in [3.63, 3.8) is 0 Å². The monoisotopic (exact) mass is 378 g/mol. The first-order valence-corrected chi connectivity index (χ1v) is 8.11. The Morgan fingerprint density at radius 3 is 2.27 bits per heavy atom. The number of pyridine rings is 1. The van der Waals surface area contributed by atoms with Crippen molar-refractivity contribution in [1.29, 1.82) is 0 Å². The average molecular weight is 378 g/mol. The van der Waals surface area contributed by atoms with E-state index in [1.165, 1.54) is 11.1 Å². The first-order chi connectivity index (χ1) is 11.9. The molecule has 1 aromatic heterocycles. The molecule has 0 fully saturated rings. The van der Waals surface area contributed by atoms with Crippen molar-refractivity contribution < 1.29 is 33.0 Å². The molecular weight excluding hydrogens is 353 g/mol. The number of aromatic nitrogens is 1. The summed E-state index contributed by atoms with van der Waals surface area (Å²) in [4.78, 5) is 24.1. The fourth-order valence-corrected chi connectivity index (χ4v) is 2.06. The first kappa shape index (κ1) is 23.8. The third-order valence-corrected chi connectivity index (χ3v) is 3.41. The predicted molar refractivity (Wildman–Crippen MR) is 89.9 cm³/mol. The Morgan fingerprint density at radius 1 is 1.27 bits per heavy atom. The second kappa shape index (κ2) is 11.5. The molecule has 1 rings (SSSR count). The van der Waals surface area contributed by atoms with Crippen LogP contribution in [0.4, 0.5) is 13.2 Å². The van der Waals surface area contributed by atoms with Gasteiger partial charge in [-0.15, -0.1) is 0 Å². The molecule has 0 radical (unpaired) electrons. The molecule has 0 aliphatic heterocycles. The largest absolute Gasteiger partial charge is 0.490 e. The van der Waals surface area contributed by atoms with Gasteiger partial charge in [-0.3, -0.25) is 9.78 Å². The summed E-state index contributed by atoms with van der Waals surface area (Å²) in [6.45, 7) is 6.87. The number of carbonyl (C=O) groups is 2. The number of halogens is 3. The second-order valence-electron chi connectivity index (χ2n) is 6.18. The van der Waals surface area contributed by atoms with Crippen LogP contribution >= 0.6 is 0 Å². The van der Waals surface area contributed by atoms with Crippen molar-refractivity contribution in [3.8, 4) is 0 Å². The fourth-order valence-electron chi connectivity index (χ4n) is 2.06. The molecule has 26 heavy (non-hydrogen) atoms. The van der Waals surface area contributed by atoms with Crippen LogP contribution < -0.4 is 5.32 Å². The van der Waals surface area contributed by atoms with E-state index in [1.807, 2.05) is 26.1 Å². The van der Waals surface area contributed by atoms with Crippen LogP contribution in [0.3, 0.4) is 0 Å². The Balaban J connectivity index is 0.000000758. The SMILES string of the molecule is Cc1ccncc1CCCN[C@H](CC(C)C)C(=O)O.O=C(O)C(F)(F)F. The molecule has 0 aliphatic carbocycles. The van der Waals surface area contributed by atoms with Gasteiger partial charge in [0.2, 0.25) is 0 Å². The Hall–Kier alpha value is -2.16. The molecule has 0 saturated carbocycles. The number of rotatable bonds is 8. The van der Waals surface area contributed by atoms with E-state index in [0.29, 0.717) is 12.3 Å². The number of nitrogens with zero attached hydrogens (tertiary/aromatic N) is 1. The van der Waals surface area contributed by atoms with Gasteiger partial charge < -0.3 is 15.5 Å². The van der Waals surface area contributed by atoms with E-state index < -0.39 is 24.2 Å². The lowest BCUT2D eigenvalue weighted by atomic mass is 10.0. The van der Waals surface area contributed by atoms with Crippen LogP contribution in [0.2, 0.25) is 0 Å². The number of carboxylic acid groups (broad SMARTS) is 2. The van der Waals surface area contributed by atoms with Gasteiger partial charge in [-0.05, 0) is 55.8 Å². The molecule has 0 amide bonds. The summed E-state index contributed by atoms with van der Waals surface area (Å²) in [6.07, 6.45) is 1.12. The number of aliphatic carboxylic acids is 2. The zero-order valence-electron chi connectivity index (χ0n) is 15.0. The zero-order valence-corrected chi connectivity index (χ0v) is 15.0. The predicted octanol–water partition coefficient (Wildman–Crippen LogP) is 3.04. The summed E-state index contributed by atoms with van der Waals surface area (Å²) in [6, 6.07) is 1.57. The van der Waals surface area contributed by atoms with E-state index in [4.69, 9.17) is 15.0 Å². The number of hydrogen-bond donors (Lipinski definition) is 3. The summed E-state index contributed by atoms with van der Waals surface area (Å²) in [5, 5.41) is 19.4. The van der Waals surface area contributed by atoms with Crippen LogP contribution in [0, 0.1) is 12.8 Å². The minimum absolute atomic E-state index is 0.383. The molecule has 3 N–H and O–H groups in total. The lowest BCUT2D eigenvalue weighted by Crippen LogP contribution is -2.38. The molecule has 0 bridgehead atoms. The van der Waals surface area contributed by atoms with Gasteiger partial charge in [0.1, 0.15) is 6.04 Å². The Kier molecular flexibility index (Phi) is 10.5. The molecule has 0 saturated heterocycles. The van der Waals surface area contributed by atoms with E-state index in [1.54, 1.807) is 6.20 Å². The van der Waals surface area contributed by atoms with Crippen LogP contribution in [0.1, 0.15) is 37.8 Å². The molecule has 6 nitrogen and oxygen atoms in total. The standard InChI is InChI=1S/C15H24N2O2.C2HF3O2/c1-11(2)9-14(15(18)19)17-7-4-5-13-10-16-8-6-12(13)3;3-2(4,5)1(6)7/h6,8,10-11,14,17H,4-5,7,9H2,1-3H3,(H,18,19);(H,6,7)/t14-;/m1./s1. The molecule has 0 aromatic carbocycles. The van der Waals surface area contributed by atoms with Gasteiger partial charge in [0.05, 0.1) is 0 Å². The van der Waals surface area contributed by atoms with Crippen molar-refractivity contribution in [3.05, 3.63) is 29.6 Å². The van der Waals surface area contributed by atoms with Gasteiger partial charge in [-0.2, -0.15) is 13.2 Å². The van der Waals surface area contributed by atoms with Crippen molar-refractivity contribution >= 4 is 11.9 Å². The summed E-state index contributed by atoms with van der Waals surface area (Å²) in [7, 11) is 0. The number of carboxylic acids is 2. The van der Waals surface area contributed by atoms with Crippen molar-refractivity contribution in [2.45, 2.75) is 52.3 Å². The highest BCUT2D eigenvalue weighted by molar-refractivity contribution is 5.73. The summed E-state index contributed by atoms with van der Waals surface area (Å²) in [5.74, 6) is -3.13. The van der Waals surface area contributed by atoms with E-state index in [9.17, 15) is 18.0 Å². The van der Waals surface area contributed by atoms with Crippen LogP contribution in [0.5, 0.6) is 0 Å². The van der Waals surface area contributed by atoms with Crippen molar-refractivity contribution in [1.82, 2.24) is 10.3 Å². The second-order valence-corrected chi connectivity index (χ2v) is 6.18. The minimum atomic E-state index is -5.08. The minimum Gasteiger partial charge on any atom is -0.480 e. The molecule has 0 aliphatic rings. The topological polar surface area (TPSA) is 99.5 Å². The lowest BCUT2D eigenvalue weighted by molar-refractivity contribution is -0.192. The molecule has 148 valence electrons. The van der Waals surface area contributed by atoms with Crippen LogP contribution in [-0.4, -0.2) is 45.9 Å². The van der Waals surface area contributed by atoms with E-state index >= 15 is 0 Å². The highest BCUT2D eigenvalue weighted by atomic mass is 19.4. The highest BCUT2D eigenvalue weighted by Gasteiger charge is 2.38. The van der Waals surface area contributed by atoms with Gasteiger partial charge in [0.25, 0.3) is 0 Å². The molecule has 0 spiro atoms. The third-order valence-electron chi connectivity index (χ3n) is 3.41. The Morgan fingerprint density at radius 2 is 1.85 bits per heavy atom. The maximum Gasteiger partial charge on any atom is 0.490 e. The number of nitrogens with one attached hydrogen (secondary N) is 1. The van der Waals surface area contributed by atoms with Gasteiger partial charge in [0.15, 0.2) is 0 Å². The maximum absolute atomic E-state index is 11.1. The molecule has 0 unspecified atom stereocenters. The molecule has 9 heteroatoms. The van der Waals surface area contributed by atoms with Crippen LogP contribution in [-0.2, 0) is 16.0 Å².